The van der Waals surface area contributed by atoms with Gasteiger partial charge in [-0.25, -0.2) is 4.79 Å². The minimum Gasteiger partial charge on any atom is -0.507 e. The first kappa shape index (κ1) is 26.5. The van der Waals surface area contributed by atoms with E-state index in [1.54, 1.807) is 45.0 Å². The van der Waals surface area contributed by atoms with Gasteiger partial charge in [-0.05, 0) is 57.1 Å². The van der Waals surface area contributed by atoms with Crippen molar-refractivity contribution in [2.45, 2.75) is 40.7 Å². The van der Waals surface area contributed by atoms with E-state index >= 15 is 0 Å². The minimum atomic E-state index is -0.816. The number of H-pyrrole nitrogens is 1. The number of rotatable bonds is 9. The Hall–Kier alpha value is -3.10. The molecule has 0 radical (unpaired) electrons. The Kier molecular flexibility index (Phi) is 8.40. The van der Waals surface area contributed by atoms with Crippen molar-refractivity contribution >= 4 is 35.0 Å². The van der Waals surface area contributed by atoms with Crippen LogP contribution in [0.25, 0.3) is 5.76 Å². The first-order valence-electron chi connectivity index (χ1n) is 11.8. The van der Waals surface area contributed by atoms with Crippen LogP contribution in [-0.4, -0.2) is 70.3 Å². The Labute approximate surface area is 210 Å². The Morgan fingerprint density at radius 3 is 2.49 bits per heavy atom. The lowest BCUT2D eigenvalue weighted by molar-refractivity contribution is -0.140. The number of ether oxygens (including phenoxy) is 1. The summed E-state index contributed by atoms with van der Waals surface area (Å²) in [5.74, 6) is -2.34. The molecule has 1 aliphatic rings. The first-order chi connectivity index (χ1) is 16.7. The van der Waals surface area contributed by atoms with Crippen molar-refractivity contribution in [2.75, 3.05) is 32.8 Å². The van der Waals surface area contributed by atoms with Crippen LogP contribution in [0.4, 0.5) is 0 Å². The molecule has 1 aliphatic heterocycles. The molecule has 1 aromatic carbocycles. The Morgan fingerprint density at radius 1 is 1.20 bits per heavy atom. The maximum absolute atomic E-state index is 13.3. The Bertz CT molecular complexity index is 1170. The summed E-state index contributed by atoms with van der Waals surface area (Å²) in [6, 6.07) is 6.11. The molecular weight excluding hydrogens is 470 g/mol. The van der Waals surface area contributed by atoms with Crippen molar-refractivity contribution in [1.82, 2.24) is 14.8 Å². The SMILES string of the molecule is CCOC(=O)c1[nH]c(C)c(/C(O)=C2\C(=O)C(=O)N(CCN(CC)CC)C2c2cccc(Cl)c2)c1C. The number of ketones is 1. The molecule has 2 aromatic rings. The molecule has 0 saturated carbocycles. The number of hydrogen-bond acceptors (Lipinski definition) is 6. The average Bonchev–Trinajstić information content (AvgIpc) is 3.26. The Balaban J connectivity index is 2.17. The van der Waals surface area contributed by atoms with Crippen LogP contribution in [0.3, 0.4) is 0 Å². The number of aliphatic hydroxyl groups is 1. The molecule has 188 valence electrons. The minimum absolute atomic E-state index is 0.0302. The maximum Gasteiger partial charge on any atom is 0.355 e. The summed E-state index contributed by atoms with van der Waals surface area (Å²) in [7, 11) is 0. The van der Waals surface area contributed by atoms with E-state index in [2.05, 4.69) is 9.88 Å². The van der Waals surface area contributed by atoms with Gasteiger partial charge in [-0.15, -0.1) is 0 Å². The topological polar surface area (TPSA) is 103 Å². The molecule has 3 rings (SSSR count). The molecule has 8 nitrogen and oxygen atoms in total. The number of aliphatic hydroxyl groups excluding tert-OH is 1. The van der Waals surface area contributed by atoms with E-state index in [0.29, 0.717) is 40.5 Å². The van der Waals surface area contributed by atoms with Crippen LogP contribution in [0.15, 0.2) is 29.8 Å². The van der Waals surface area contributed by atoms with Gasteiger partial charge in [0, 0.05) is 29.4 Å². The highest BCUT2D eigenvalue weighted by Gasteiger charge is 2.46. The Morgan fingerprint density at radius 2 is 1.89 bits per heavy atom. The van der Waals surface area contributed by atoms with Crippen molar-refractivity contribution in [1.29, 1.82) is 0 Å². The molecule has 9 heteroatoms. The third kappa shape index (κ3) is 5.13. The third-order valence-corrected chi connectivity index (χ3v) is 6.64. The first-order valence-corrected chi connectivity index (χ1v) is 12.2. The van der Waals surface area contributed by atoms with Crippen molar-refractivity contribution in [2.24, 2.45) is 0 Å². The van der Waals surface area contributed by atoms with Gasteiger partial charge >= 0.3 is 5.97 Å². The van der Waals surface area contributed by atoms with E-state index in [4.69, 9.17) is 16.3 Å². The number of amides is 1. The summed E-state index contributed by atoms with van der Waals surface area (Å²) in [5, 5.41) is 11.9. The van der Waals surface area contributed by atoms with Crippen LogP contribution in [0.5, 0.6) is 0 Å². The van der Waals surface area contributed by atoms with Gasteiger partial charge in [0.15, 0.2) is 0 Å². The zero-order valence-electron chi connectivity index (χ0n) is 20.8. The van der Waals surface area contributed by atoms with E-state index in [1.807, 2.05) is 13.8 Å². The molecule has 2 N–H and O–H groups in total. The quantitative estimate of drug-likeness (QED) is 0.231. The molecule has 0 bridgehead atoms. The van der Waals surface area contributed by atoms with Crippen LogP contribution in [0.2, 0.25) is 5.02 Å². The van der Waals surface area contributed by atoms with Crippen LogP contribution in [0.1, 0.15) is 59.7 Å². The molecule has 2 heterocycles. The number of esters is 1. The molecule has 1 amide bonds. The van der Waals surface area contributed by atoms with Gasteiger partial charge in [-0.3, -0.25) is 9.59 Å². The van der Waals surface area contributed by atoms with E-state index in [9.17, 15) is 19.5 Å². The smallest absolute Gasteiger partial charge is 0.355 e. The number of Topliss-reactive ketones (excluding diaryl/α,β-unsaturated/α-hetero) is 1. The predicted octanol–water partition coefficient (Wildman–Crippen LogP) is 4.23. The lowest BCUT2D eigenvalue weighted by Crippen LogP contribution is -2.38. The summed E-state index contributed by atoms with van der Waals surface area (Å²) in [4.78, 5) is 45.4. The number of carbonyl (C=O) groups is 3. The molecule has 1 saturated heterocycles. The maximum atomic E-state index is 13.3. The number of aromatic amines is 1. The van der Waals surface area contributed by atoms with Crippen molar-refractivity contribution in [3.8, 4) is 0 Å². The largest absolute Gasteiger partial charge is 0.507 e. The molecular formula is C26H32ClN3O5. The van der Waals surface area contributed by atoms with Crippen LogP contribution in [-0.2, 0) is 14.3 Å². The van der Waals surface area contributed by atoms with Crippen molar-refractivity contribution in [3.63, 3.8) is 0 Å². The van der Waals surface area contributed by atoms with E-state index in [0.717, 1.165) is 13.1 Å². The van der Waals surface area contributed by atoms with E-state index in [1.165, 1.54) is 4.90 Å². The fourth-order valence-corrected chi connectivity index (χ4v) is 4.77. The summed E-state index contributed by atoms with van der Waals surface area (Å²) in [5.41, 5.74) is 2.02. The summed E-state index contributed by atoms with van der Waals surface area (Å²) in [6.07, 6.45) is 0. The van der Waals surface area contributed by atoms with Crippen molar-refractivity contribution < 1.29 is 24.2 Å². The standard InChI is InChI=1S/C26H32ClN3O5/c1-6-29(7-2)12-13-30-22(17-10-9-11-18(27)14-17)20(24(32)25(30)33)23(31)19-15(4)21(28-16(19)5)26(34)35-8-3/h9-11,14,22,28,31H,6-8,12-13H2,1-5H3/b23-20+. The zero-order valence-corrected chi connectivity index (χ0v) is 21.5. The number of halogens is 1. The van der Waals surface area contributed by atoms with E-state index < -0.39 is 23.7 Å². The highest BCUT2D eigenvalue weighted by atomic mass is 35.5. The number of aryl methyl sites for hydroxylation is 1. The van der Waals surface area contributed by atoms with E-state index in [-0.39, 0.29) is 23.6 Å². The highest BCUT2D eigenvalue weighted by molar-refractivity contribution is 6.46. The average molecular weight is 502 g/mol. The second-order valence-electron chi connectivity index (χ2n) is 8.42. The second-order valence-corrected chi connectivity index (χ2v) is 8.86. The molecule has 0 aliphatic carbocycles. The van der Waals surface area contributed by atoms with Crippen LogP contribution in [0, 0.1) is 13.8 Å². The van der Waals surface area contributed by atoms with Gasteiger partial charge in [0.25, 0.3) is 11.7 Å². The lowest BCUT2D eigenvalue weighted by Gasteiger charge is -2.28. The number of nitrogens with one attached hydrogen (secondary N) is 1. The predicted molar refractivity (Wildman–Crippen MR) is 134 cm³/mol. The zero-order chi connectivity index (χ0) is 25.9. The monoisotopic (exact) mass is 501 g/mol. The molecule has 0 spiro atoms. The second kappa shape index (κ2) is 11.1. The normalized spacial score (nSPS) is 17.5. The van der Waals surface area contributed by atoms with Crippen LogP contribution < -0.4 is 0 Å². The molecule has 1 unspecified atom stereocenters. The number of benzene rings is 1. The fourth-order valence-electron chi connectivity index (χ4n) is 4.57. The van der Waals surface area contributed by atoms with Gasteiger partial charge in [-0.1, -0.05) is 37.6 Å². The number of aromatic nitrogens is 1. The summed E-state index contributed by atoms with van der Waals surface area (Å²) in [6.45, 7) is 11.8. The highest BCUT2D eigenvalue weighted by Crippen LogP contribution is 2.41. The molecule has 35 heavy (non-hydrogen) atoms. The number of nitrogens with zero attached hydrogens (tertiary/aromatic N) is 2. The lowest BCUT2D eigenvalue weighted by atomic mass is 9.94. The van der Waals surface area contributed by atoms with Gasteiger partial charge in [-0.2, -0.15) is 0 Å². The molecule has 1 fully saturated rings. The molecule has 1 aromatic heterocycles. The fraction of sp³-hybridized carbons (Fsp3) is 0.423. The number of likely N-dealkylation sites (tertiary alicyclic amines) is 1. The van der Waals surface area contributed by atoms with Crippen LogP contribution >= 0.6 is 11.6 Å². The summed E-state index contributed by atoms with van der Waals surface area (Å²) < 4.78 is 5.10. The summed E-state index contributed by atoms with van der Waals surface area (Å²) >= 11 is 6.25. The van der Waals surface area contributed by atoms with Gasteiger partial charge < -0.3 is 24.6 Å². The van der Waals surface area contributed by atoms with Gasteiger partial charge in [0.2, 0.25) is 0 Å². The van der Waals surface area contributed by atoms with Gasteiger partial charge in [0.1, 0.15) is 11.5 Å². The number of likely N-dealkylation sites (N-methyl/N-ethyl adjacent to an activating group) is 1. The molecule has 1 atom stereocenters. The van der Waals surface area contributed by atoms with Gasteiger partial charge in [0.05, 0.1) is 18.2 Å². The number of carbonyl (C=O) groups excluding carboxylic acids is 3. The third-order valence-electron chi connectivity index (χ3n) is 6.41. The van der Waals surface area contributed by atoms with Crippen molar-refractivity contribution in [3.05, 3.63) is 62.9 Å². The number of hydrogen-bond donors (Lipinski definition) is 2.